The topological polar surface area (TPSA) is 41.6 Å². The summed E-state index contributed by atoms with van der Waals surface area (Å²) < 4.78 is 5.39. The number of rotatable bonds is 7. The molecule has 0 aromatic heterocycles. The molecule has 0 unspecified atom stereocenters. The normalized spacial score (nSPS) is 13.9. The number of hydrogen-bond acceptors (Lipinski definition) is 3. The molecule has 2 aromatic rings. The molecule has 1 aliphatic rings. The van der Waals surface area contributed by atoms with E-state index < -0.39 is 0 Å². The van der Waals surface area contributed by atoms with Gasteiger partial charge < -0.3 is 10.1 Å². The Hall–Kier alpha value is -2.04. The summed E-state index contributed by atoms with van der Waals surface area (Å²) >= 11 is 6.14. The molecule has 0 aliphatic carbocycles. The van der Waals surface area contributed by atoms with Gasteiger partial charge in [-0.1, -0.05) is 35.9 Å². The summed E-state index contributed by atoms with van der Waals surface area (Å²) in [5.74, 6) is 0.509. The molecule has 3 rings (SSSR count). The Kier molecular flexibility index (Phi) is 6.53. The molecule has 0 radical (unpaired) electrons. The van der Waals surface area contributed by atoms with Crippen molar-refractivity contribution in [2.75, 3.05) is 26.2 Å². The first-order valence-electron chi connectivity index (χ1n) is 9.17. The van der Waals surface area contributed by atoms with E-state index in [1.165, 1.54) is 11.1 Å². The Bertz CT molecular complexity index is 763. The van der Waals surface area contributed by atoms with E-state index in [-0.39, 0.29) is 5.91 Å². The number of hydrogen-bond donors (Lipinski definition) is 1. The number of benzene rings is 2. The van der Waals surface area contributed by atoms with Crippen LogP contribution >= 0.6 is 11.6 Å². The maximum Gasteiger partial charge on any atom is 0.251 e. The number of carbonyl (C=O) groups excluding carboxylic acids is 1. The molecule has 0 saturated carbocycles. The summed E-state index contributed by atoms with van der Waals surface area (Å²) in [6.45, 7) is 6.17. The smallest absolute Gasteiger partial charge is 0.251 e. The van der Waals surface area contributed by atoms with Crippen LogP contribution in [-0.4, -0.2) is 37.0 Å². The summed E-state index contributed by atoms with van der Waals surface area (Å²) in [7, 11) is 0. The zero-order valence-corrected chi connectivity index (χ0v) is 15.9. The molecule has 0 saturated heterocycles. The Morgan fingerprint density at radius 1 is 1.23 bits per heavy atom. The van der Waals surface area contributed by atoms with E-state index in [1.54, 1.807) is 18.2 Å². The lowest BCUT2D eigenvalue weighted by Gasteiger charge is -2.28. The quantitative estimate of drug-likeness (QED) is 0.749. The lowest BCUT2D eigenvalue weighted by atomic mass is 10.00. The van der Waals surface area contributed by atoms with Crippen molar-refractivity contribution in [2.24, 2.45) is 0 Å². The van der Waals surface area contributed by atoms with Crippen LogP contribution < -0.4 is 10.1 Å². The van der Waals surface area contributed by atoms with E-state index in [0.29, 0.717) is 29.5 Å². The third-order valence-electron chi connectivity index (χ3n) is 4.64. The first kappa shape index (κ1) is 18.7. The minimum absolute atomic E-state index is 0.0982. The first-order valence-corrected chi connectivity index (χ1v) is 9.55. The van der Waals surface area contributed by atoms with Crippen LogP contribution in [0.1, 0.15) is 34.8 Å². The minimum atomic E-state index is -0.0982. The molecule has 0 spiro atoms. The first-order chi connectivity index (χ1) is 12.7. The number of nitrogens with one attached hydrogen (secondary N) is 1. The van der Waals surface area contributed by atoms with Crippen LogP contribution in [0.5, 0.6) is 5.75 Å². The van der Waals surface area contributed by atoms with Crippen molar-refractivity contribution < 1.29 is 9.53 Å². The maximum atomic E-state index is 12.3. The summed E-state index contributed by atoms with van der Waals surface area (Å²) in [5, 5.41) is 3.44. The highest BCUT2D eigenvalue weighted by molar-refractivity contribution is 6.32. The van der Waals surface area contributed by atoms with Gasteiger partial charge in [0.15, 0.2) is 0 Å². The highest BCUT2D eigenvalue weighted by Gasteiger charge is 2.15. The van der Waals surface area contributed by atoms with Gasteiger partial charge in [0.1, 0.15) is 5.75 Å². The summed E-state index contributed by atoms with van der Waals surface area (Å²) in [4.78, 5) is 14.7. The van der Waals surface area contributed by atoms with Gasteiger partial charge in [0.05, 0.1) is 11.6 Å². The Morgan fingerprint density at radius 3 is 2.81 bits per heavy atom. The van der Waals surface area contributed by atoms with Crippen LogP contribution in [0.3, 0.4) is 0 Å². The molecular weight excluding hydrogens is 348 g/mol. The number of amides is 1. The zero-order valence-electron chi connectivity index (χ0n) is 15.1. The fourth-order valence-corrected chi connectivity index (χ4v) is 3.50. The van der Waals surface area contributed by atoms with Gasteiger partial charge in [-0.3, -0.25) is 9.69 Å². The van der Waals surface area contributed by atoms with Crippen LogP contribution in [0.4, 0.5) is 0 Å². The second-order valence-corrected chi connectivity index (χ2v) is 6.89. The molecule has 4 nitrogen and oxygen atoms in total. The molecule has 1 heterocycles. The predicted octanol–water partition coefficient (Wildman–Crippen LogP) is 3.92. The molecule has 0 bridgehead atoms. The standard InChI is InChI=1S/C21H25ClN2O2/c1-2-26-20-9-8-17(14-19(20)22)21(25)23-11-5-12-24-13-10-16-6-3-4-7-18(16)15-24/h3-4,6-9,14H,2,5,10-13,15H2,1H3,(H,23,25). The summed E-state index contributed by atoms with van der Waals surface area (Å²) in [6, 6.07) is 13.8. The van der Waals surface area contributed by atoms with E-state index in [9.17, 15) is 4.79 Å². The fraction of sp³-hybridized carbons (Fsp3) is 0.381. The minimum Gasteiger partial charge on any atom is -0.492 e. The van der Waals surface area contributed by atoms with Crippen molar-refractivity contribution in [3.8, 4) is 5.75 Å². The monoisotopic (exact) mass is 372 g/mol. The molecule has 26 heavy (non-hydrogen) atoms. The number of ether oxygens (including phenoxy) is 1. The van der Waals surface area contributed by atoms with Crippen molar-refractivity contribution >= 4 is 17.5 Å². The predicted molar refractivity (Wildman–Crippen MR) is 105 cm³/mol. The van der Waals surface area contributed by atoms with Crippen molar-refractivity contribution in [3.05, 3.63) is 64.2 Å². The van der Waals surface area contributed by atoms with Gasteiger partial charge >= 0.3 is 0 Å². The summed E-state index contributed by atoms with van der Waals surface area (Å²) in [5.41, 5.74) is 3.45. The lowest BCUT2D eigenvalue weighted by Crippen LogP contribution is -2.33. The van der Waals surface area contributed by atoms with E-state index in [2.05, 4.69) is 34.5 Å². The fourth-order valence-electron chi connectivity index (χ4n) is 3.27. The largest absolute Gasteiger partial charge is 0.492 e. The average molecular weight is 373 g/mol. The van der Waals surface area contributed by atoms with Gasteiger partial charge in [0.2, 0.25) is 0 Å². The molecule has 5 heteroatoms. The van der Waals surface area contributed by atoms with E-state index in [4.69, 9.17) is 16.3 Å². The van der Waals surface area contributed by atoms with Crippen LogP contribution in [0, 0.1) is 0 Å². The van der Waals surface area contributed by atoms with Crippen molar-refractivity contribution in [1.29, 1.82) is 0 Å². The molecule has 0 atom stereocenters. The highest BCUT2D eigenvalue weighted by Crippen LogP contribution is 2.25. The van der Waals surface area contributed by atoms with Gasteiger partial charge in [-0.2, -0.15) is 0 Å². The second-order valence-electron chi connectivity index (χ2n) is 6.48. The third-order valence-corrected chi connectivity index (χ3v) is 4.94. The van der Waals surface area contributed by atoms with Gasteiger partial charge in [0.25, 0.3) is 5.91 Å². The zero-order chi connectivity index (χ0) is 18.4. The van der Waals surface area contributed by atoms with Crippen molar-refractivity contribution in [3.63, 3.8) is 0 Å². The van der Waals surface area contributed by atoms with Crippen molar-refractivity contribution in [2.45, 2.75) is 26.3 Å². The Labute approximate surface area is 160 Å². The Morgan fingerprint density at radius 2 is 2.04 bits per heavy atom. The SMILES string of the molecule is CCOc1ccc(C(=O)NCCCN2CCc3ccccc3C2)cc1Cl. The number of fused-ring (bicyclic) bond motifs is 1. The van der Waals surface area contributed by atoms with Crippen LogP contribution in [0.25, 0.3) is 0 Å². The summed E-state index contributed by atoms with van der Waals surface area (Å²) in [6.07, 6.45) is 2.03. The van der Waals surface area contributed by atoms with E-state index in [1.807, 2.05) is 6.92 Å². The molecule has 2 aromatic carbocycles. The third kappa shape index (κ3) is 4.77. The van der Waals surface area contributed by atoms with Crippen molar-refractivity contribution in [1.82, 2.24) is 10.2 Å². The Balaban J connectivity index is 1.42. The highest BCUT2D eigenvalue weighted by atomic mass is 35.5. The second kappa shape index (κ2) is 9.06. The van der Waals surface area contributed by atoms with Gasteiger partial charge in [-0.15, -0.1) is 0 Å². The van der Waals surface area contributed by atoms with Gasteiger partial charge in [-0.05, 0) is 49.1 Å². The van der Waals surface area contributed by atoms with Gasteiger partial charge in [0, 0.05) is 31.7 Å². The molecule has 1 N–H and O–H groups in total. The van der Waals surface area contributed by atoms with Crippen LogP contribution in [0.2, 0.25) is 5.02 Å². The number of carbonyl (C=O) groups is 1. The molecule has 0 fully saturated rings. The van der Waals surface area contributed by atoms with E-state index >= 15 is 0 Å². The lowest BCUT2D eigenvalue weighted by molar-refractivity contribution is 0.0951. The van der Waals surface area contributed by atoms with Gasteiger partial charge in [-0.25, -0.2) is 0 Å². The molecule has 1 amide bonds. The number of halogens is 1. The molecular formula is C21H25ClN2O2. The maximum absolute atomic E-state index is 12.3. The molecule has 138 valence electrons. The number of nitrogens with zero attached hydrogens (tertiary/aromatic N) is 1. The van der Waals surface area contributed by atoms with Crippen LogP contribution in [-0.2, 0) is 13.0 Å². The average Bonchev–Trinajstić information content (AvgIpc) is 2.66. The molecule has 1 aliphatic heterocycles. The van der Waals surface area contributed by atoms with E-state index in [0.717, 1.165) is 32.5 Å². The van der Waals surface area contributed by atoms with Crippen LogP contribution in [0.15, 0.2) is 42.5 Å².